The predicted molar refractivity (Wildman–Crippen MR) is 79.0 cm³/mol. The fourth-order valence-electron chi connectivity index (χ4n) is 1.75. The number of halogens is 2. The summed E-state index contributed by atoms with van der Waals surface area (Å²) in [6.45, 7) is 2.50. The molecule has 1 heterocycles. The average molecular weight is 310 g/mol. The Morgan fingerprint density at radius 3 is 2.50 bits per heavy atom. The third kappa shape index (κ3) is 3.46. The fourth-order valence-corrected chi connectivity index (χ4v) is 2.07. The van der Waals surface area contributed by atoms with Gasteiger partial charge >= 0.3 is 0 Å². The second-order valence-electron chi connectivity index (χ2n) is 4.52. The number of hydrogen-bond acceptors (Lipinski definition) is 3. The summed E-state index contributed by atoms with van der Waals surface area (Å²) in [7, 11) is 1.70. The molecule has 0 aliphatic carbocycles. The van der Waals surface area contributed by atoms with E-state index in [0.29, 0.717) is 6.54 Å². The zero-order valence-corrected chi connectivity index (χ0v) is 12.6. The highest BCUT2D eigenvalue weighted by atomic mass is 35.5. The number of rotatable bonds is 3. The number of hydrogen-bond donors (Lipinski definition) is 0. The molecule has 1 aromatic heterocycles. The van der Waals surface area contributed by atoms with Crippen molar-refractivity contribution in [2.75, 3.05) is 7.05 Å². The van der Waals surface area contributed by atoms with Crippen LogP contribution in [0.15, 0.2) is 30.3 Å². The van der Waals surface area contributed by atoms with Gasteiger partial charge in [0.2, 0.25) is 0 Å². The quantitative estimate of drug-likeness (QED) is 0.873. The van der Waals surface area contributed by atoms with E-state index in [0.717, 1.165) is 5.56 Å². The standard InChI is InChI=1S/C14H13Cl2N3O/c1-9-3-5-10(6-4-9)8-19(2)14(20)11-7-12(15)17-18-13(11)16/h3-7H,8H2,1-2H3. The Labute approximate surface area is 127 Å². The summed E-state index contributed by atoms with van der Waals surface area (Å²) in [5.74, 6) is -0.243. The van der Waals surface area contributed by atoms with E-state index in [1.54, 1.807) is 11.9 Å². The third-order valence-corrected chi connectivity index (χ3v) is 3.30. The molecule has 2 rings (SSSR count). The SMILES string of the molecule is Cc1ccc(CN(C)C(=O)c2cc(Cl)nnc2Cl)cc1. The van der Waals surface area contributed by atoms with Gasteiger partial charge in [-0.2, -0.15) is 0 Å². The Kier molecular flexibility index (Phi) is 4.57. The topological polar surface area (TPSA) is 46.1 Å². The van der Waals surface area contributed by atoms with Gasteiger partial charge in [-0.25, -0.2) is 0 Å². The molecule has 20 heavy (non-hydrogen) atoms. The van der Waals surface area contributed by atoms with Crippen LogP contribution in [-0.2, 0) is 6.54 Å². The van der Waals surface area contributed by atoms with Crippen molar-refractivity contribution in [3.05, 3.63) is 57.3 Å². The average Bonchev–Trinajstić information content (AvgIpc) is 2.43. The minimum absolute atomic E-state index is 0.0511. The van der Waals surface area contributed by atoms with E-state index in [4.69, 9.17) is 23.2 Å². The van der Waals surface area contributed by atoms with Crippen molar-refractivity contribution in [3.8, 4) is 0 Å². The van der Waals surface area contributed by atoms with E-state index in [1.807, 2.05) is 31.2 Å². The van der Waals surface area contributed by atoms with Crippen LogP contribution in [0.25, 0.3) is 0 Å². The van der Waals surface area contributed by atoms with Crippen molar-refractivity contribution in [1.82, 2.24) is 15.1 Å². The molecule has 0 aliphatic rings. The molecule has 104 valence electrons. The van der Waals surface area contributed by atoms with Gasteiger partial charge in [0.05, 0.1) is 5.56 Å². The summed E-state index contributed by atoms with van der Waals surface area (Å²) < 4.78 is 0. The largest absolute Gasteiger partial charge is 0.337 e. The molecule has 2 aromatic rings. The Morgan fingerprint density at radius 2 is 1.85 bits per heavy atom. The molecule has 1 aromatic carbocycles. The normalized spacial score (nSPS) is 10.4. The van der Waals surface area contributed by atoms with Crippen molar-refractivity contribution in [2.45, 2.75) is 13.5 Å². The van der Waals surface area contributed by atoms with E-state index < -0.39 is 0 Å². The number of carbonyl (C=O) groups excluding carboxylic acids is 1. The third-order valence-electron chi connectivity index (χ3n) is 2.84. The molecule has 0 unspecified atom stereocenters. The predicted octanol–water partition coefficient (Wildman–Crippen LogP) is 3.36. The molecule has 0 bridgehead atoms. The molecule has 0 saturated carbocycles. The summed E-state index contributed by atoms with van der Waals surface area (Å²) in [5.41, 5.74) is 2.47. The van der Waals surface area contributed by atoms with Gasteiger partial charge in [-0.05, 0) is 18.6 Å². The Balaban J connectivity index is 2.16. The van der Waals surface area contributed by atoms with Gasteiger partial charge in [-0.1, -0.05) is 53.0 Å². The maximum absolute atomic E-state index is 12.3. The Bertz CT molecular complexity index is 629. The number of nitrogens with zero attached hydrogens (tertiary/aromatic N) is 3. The van der Waals surface area contributed by atoms with Crippen LogP contribution < -0.4 is 0 Å². The first-order valence-electron chi connectivity index (χ1n) is 5.97. The van der Waals surface area contributed by atoms with Crippen LogP contribution in [-0.4, -0.2) is 28.1 Å². The van der Waals surface area contributed by atoms with Gasteiger partial charge in [-0.3, -0.25) is 4.79 Å². The molecule has 0 aliphatic heterocycles. The summed E-state index contributed by atoms with van der Waals surface area (Å²) in [6, 6.07) is 9.40. The van der Waals surface area contributed by atoms with Crippen molar-refractivity contribution < 1.29 is 4.79 Å². The molecule has 0 atom stereocenters. The summed E-state index contributed by atoms with van der Waals surface area (Å²) in [4.78, 5) is 13.9. The van der Waals surface area contributed by atoms with Crippen LogP contribution in [0.4, 0.5) is 0 Å². The highest BCUT2D eigenvalue weighted by molar-refractivity contribution is 6.34. The maximum Gasteiger partial charge on any atom is 0.257 e. The lowest BCUT2D eigenvalue weighted by Crippen LogP contribution is -2.26. The first-order valence-corrected chi connectivity index (χ1v) is 6.72. The molecule has 0 fully saturated rings. The summed E-state index contributed by atoms with van der Waals surface area (Å²) >= 11 is 11.6. The van der Waals surface area contributed by atoms with E-state index in [1.165, 1.54) is 11.6 Å². The van der Waals surface area contributed by atoms with Crippen LogP contribution in [0.3, 0.4) is 0 Å². The molecule has 0 N–H and O–H groups in total. The van der Waals surface area contributed by atoms with Gasteiger partial charge in [0, 0.05) is 13.6 Å². The Morgan fingerprint density at radius 1 is 1.20 bits per heavy atom. The summed E-state index contributed by atoms with van der Waals surface area (Å²) in [6.07, 6.45) is 0. The van der Waals surface area contributed by atoms with Crippen molar-refractivity contribution >= 4 is 29.1 Å². The van der Waals surface area contributed by atoms with E-state index in [9.17, 15) is 4.79 Å². The van der Waals surface area contributed by atoms with Crippen molar-refractivity contribution in [1.29, 1.82) is 0 Å². The van der Waals surface area contributed by atoms with Gasteiger partial charge in [0.1, 0.15) is 0 Å². The van der Waals surface area contributed by atoms with E-state index >= 15 is 0 Å². The molecule has 0 spiro atoms. The number of aryl methyl sites for hydroxylation is 1. The van der Waals surface area contributed by atoms with Crippen LogP contribution in [0.2, 0.25) is 10.3 Å². The maximum atomic E-state index is 12.3. The molecular formula is C14H13Cl2N3O. The molecule has 1 amide bonds. The van der Waals surface area contributed by atoms with Crippen LogP contribution in [0.1, 0.15) is 21.5 Å². The Hall–Kier alpha value is -1.65. The first-order chi connectivity index (χ1) is 9.47. The molecule has 6 heteroatoms. The number of aromatic nitrogens is 2. The lowest BCUT2D eigenvalue weighted by molar-refractivity contribution is 0.0784. The minimum atomic E-state index is -0.243. The second-order valence-corrected chi connectivity index (χ2v) is 5.26. The minimum Gasteiger partial charge on any atom is -0.337 e. The van der Waals surface area contributed by atoms with Crippen LogP contribution in [0.5, 0.6) is 0 Å². The van der Waals surface area contributed by atoms with Gasteiger partial charge in [0.25, 0.3) is 5.91 Å². The van der Waals surface area contributed by atoms with Crippen molar-refractivity contribution in [3.63, 3.8) is 0 Å². The molecule has 0 saturated heterocycles. The van der Waals surface area contributed by atoms with E-state index in [-0.39, 0.29) is 21.8 Å². The van der Waals surface area contributed by atoms with Gasteiger partial charge < -0.3 is 4.90 Å². The molecular weight excluding hydrogens is 297 g/mol. The van der Waals surface area contributed by atoms with E-state index in [2.05, 4.69) is 10.2 Å². The number of amides is 1. The second kappa shape index (κ2) is 6.20. The fraction of sp³-hybridized carbons (Fsp3) is 0.214. The zero-order chi connectivity index (χ0) is 14.7. The van der Waals surface area contributed by atoms with Crippen LogP contribution >= 0.6 is 23.2 Å². The smallest absolute Gasteiger partial charge is 0.257 e. The zero-order valence-electron chi connectivity index (χ0n) is 11.1. The molecule has 4 nitrogen and oxygen atoms in total. The first kappa shape index (κ1) is 14.8. The van der Waals surface area contributed by atoms with Crippen molar-refractivity contribution in [2.24, 2.45) is 0 Å². The highest BCUT2D eigenvalue weighted by Crippen LogP contribution is 2.18. The summed E-state index contributed by atoms with van der Waals surface area (Å²) in [5, 5.41) is 7.42. The van der Waals surface area contributed by atoms with Crippen LogP contribution in [0, 0.1) is 6.92 Å². The number of carbonyl (C=O) groups is 1. The monoisotopic (exact) mass is 309 g/mol. The molecule has 0 radical (unpaired) electrons. The van der Waals surface area contributed by atoms with Gasteiger partial charge in [-0.15, -0.1) is 10.2 Å². The lowest BCUT2D eigenvalue weighted by atomic mass is 10.1. The number of benzene rings is 1. The van der Waals surface area contributed by atoms with Gasteiger partial charge in [0.15, 0.2) is 10.3 Å². The lowest BCUT2D eigenvalue weighted by Gasteiger charge is -2.17. The highest BCUT2D eigenvalue weighted by Gasteiger charge is 2.17.